The molecular weight excluding hydrogens is 236 g/mol. The Bertz CT molecular complexity index is 444. The van der Waals surface area contributed by atoms with Crippen LogP contribution in [0.1, 0.15) is 30.9 Å². The topological polar surface area (TPSA) is 46.3 Å². The van der Waals surface area contributed by atoms with Gasteiger partial charge in [0.15, 0.2) is 0 Å². The van der Waals surface area contributed by atoms with Crippen molar-refractivity contribution in [3.05, 3.63) is 35.4 Å². The zero-order chi connectivity index (χ0) is 13.8. The highest BCUT2D eigenvalue weighted by molar-refractivity contribution is 5.79. The molecule has 2 N–H and O–H groups in total. The van der Waals surface area contributed by atoms with Gasteiger partial charge in [-0.25, -0.2) is 0 Å². The van der Waals surface area contributed by atoms with Crippen molar-refractivity contribution in [3.63, 3.8) is 0 Å². The molecule has 2 unspecified atom stereocenters. The Hall–Kier alpha value is -1.35. The maximum absolute atomic E-state index is 12.5. The maximum Gasteiger partial charge on any atom is 0.227 e. The molecule has 104 valence electrons. The summed E-state index contributed by atoms with van der Waals surface area (Å²) >= 11 is 0. The maximum atomic E-state index is 12.5. The number of benzene rings is 1. The Morgan fingerprint density at radius 3 is 2.84 bits per heavy atom. The molecule has 0 bridgehead atoms. The zero-order valence-corrected chi connectivity index (χ0v) is 11.9. The average molecular weight is 260 g/mol. The van der Waals surface area contributed by atoms with E-state index in [0.717, 1.165) is 18.5 Å². The van der Waals surface area contributed by atoms with Crippen LogP contribution in [0, 0.1) is 12.8 Å². The van der Waals surface area contributed by atoms with Crippen molar-refractivity contribution < 1.29 is 4.79 Å². The molecule has 1 amide bonds. The molecule has 1 aromatic rings. The molecule has 2 atom stereocenters. The van der Waals surface area contributed by atoms with E-state index in [1.807, 2.05) is 23.1 Å². The fourth-order valence-corrected chi connectivity index (χ4v) is 2.99. The van der Waals surface area contributed by atoms with Gasteiger partial charge in [-0.2, -0.15) is 0 Å². The first-order valence-corrected chi connectivity index (χ1v) is 7.17. The van der Waals surface area contributed by atoms with Gasteiger partial charge >= 0.3 is 0 Å². The summed E-state index contributed by atoms with van der Waals surface area (Å²) in [5.74, 6) is 0.732. The predicted octanol–water partition coefficient (Wildman–Crippen LogP) is 2.12. The summed E-state index contributed by atoms with van der Waals surface area (Å²) in [6, 6.07) is 8.31. The fourth-order valence-electron chi connectivity index (χ4n) is 2.99. The third kappa shape index (κ3) is 3.16. The van der Waals surface area contributed by atoms with E-state index in [-0.39, 0.29) is 11.9 Å². The molecule has 1 aliphatic heterocycles. The quantitative estimate of drug-likeness (QED) is 0.905. The van der Waals surface area contributed by atoms with Gasteiger partial charge in [0.25, 0.3) is 0 Å². The van der Waals surface area contributed by atoms with Gasteiger partial charge < -0.3 is 10.6 Å². The lowest BCUT2D eigenvalue weighted by Gasteiger charge is -2.39. The molecule has 0 radical (unpaired) electrons. The molecule has 2 rings (SSSR count). The second-order valence-corrected chi connectivity index (χ2v) is 5.61. The average Bonchev–Trinajstić information content (AvgIpc) is 2.41. The summed E-state index contributed by atoms with van der Waals surface area (Å²) in [7, 11) is 0. The van der Waals surface area contributed by atoms with Crippen molar-refractivity contribution in [1.29, 1.82) is 0 Å². The summed E-state index contributed by atoms with van der Waals surface area (Å²) in [5.41, 5.74) is 8.16. The number of likely N-dealkylation sites (tertiary alicyclic amines) is 1. The van der Waals surface area contributed by atoms with E-state index >= 15 is 0 Å². The summed E-state index contributed by atoms with van der Waals surface area (Å²) in [6.45, 7) is 5.68. The molecule has 0 aliphatic carbocycles. The van der Waals surface area contributed by atoms with Gasteiger partial charge in [-0.05, 0) is 36.8 Å². The largest absolute Gasteiger partial charge is 0.338 e. The Morgan fingerprint density at radius 1 is 1.42 bits per heavy atom. The Morgan fingerprint density at radius 2 is 2.16 bits per heavy atom. The third-order valence-electron chi connectivity index (χ3n) is 4.28. The van der Waals surface area contributed by atoms with Crippen molar-refractivity contribution in [1.82, 2.24) is 4.90 Å². The van der Waals surface area contributed by atoms with Gasteiger partial charge in [-0.3, -0.25) is 4.79 Å². The van der Waals surface area contributed by atoms with E-state index in [4.69, 9.17) is 5.73 Å². The van der Waals surface area contributed by atoms with Crippen LogP contribution >= 0.6 is 0 Å². The minimum Gasteiger partial charge on any atom is -0.338 e. The number of aryl methyl sites for hydroxylation is 1. The zero-order valence-electron chi connectivity index (χ0n) is 11.9. The first kappa shape index (κ1) is 14.1. The van der Waals surface area contributed by atoms with E-state index in [1.165, 1.54) is 12.0 Å². The highest BCUT2D eigenvalue weighted by Crippen LogP contribution is 2.23. The number of hydrogen-bond donors (Lipinski definition) is 1. The first-order chi connectivity index (χ1) is 9.13. The number of nitrogens with zero attached hydrogens (tertiary/aromatic N) is 1. The number of nitrogens with two attached hydrogens (primary N) is 1. The lowest BCUT2D eigenvalue weighted by atomic mass is 9.90. The molecule has 0 aromatic heterocycles. The molecule has 3 heteroatoms. The number of rotatable bonds is 3. The van der Waals surface area contributed by atoms with E-state index in [1.54, 1.807) is 0 Å². The van der Waals surface area contributed by atoms with E-state index < -0.39 is 0 Å². The molecular formula is C16H24N2O. The Balaban J connectivity index is 2.08. The second kappa shape index (κ2) is 6.20. The van der Waals surface area contributed by atoms with Crippen LogP contribution in [0.15, 0.2) is 24.3 Å². The highest BCUT2D eigenvalue weighted by Gasteiger charge is 2.30. The standard InChI is InChI=1S/C16H24N2O/c1-12-6-3-4-8-14(12)10-16(19)18-9-5-7-13(2)15(18)11-17/h3-4,6,8,13,15H,5,7,9-11,17H2,1-2H3. The minimum absolute atomic E-state index is 0.213. The van der Waals surface area contributed by atoms with Crippen molar-refractivity contribution in [2.45, 2.75) is 39.2 Å². The summed E-state index contributed by atoms with van der Waals surface area (Å²) in [4.78, 5) is 14.5. The van der Waals surface area contributed by atoms with Crippen LogP contribution in [0.4, 0.5) is 0 Å². The van der Waals surface area contributed by atoms with Gasteiger partial charge in [0.2, 0.25) is 5.91 Å². The number of carbonyl (C=O) groups excluding carboxylic acids is 1. The third-order valence-corrected chi connectivity index (χ3v) is 4.28. The van der Waals surface area contributed by atoms with Gasteiger partial charge in [-0.15, -0.1) is 0 Å². The summed E-state index contributed by atoms with van der Waals surface area (Å²) in [6.07, 6.45) is 2.77. The number of piperidine rings is 1. The molecule has 0 spiro atoms. The number of amides is 1. The molecule has 0 saturated carbocycles. The number of carbonyl (C=O) groups is 1. The first-order valence-electron chi connectivity index (χ1n) is 7.17. The van der Waals surface area contributed by atoms with Crippen LogP contribution in [-0.2, 0) is 11.2 Å². The van der Waals surface area contributed by atoms with E-state index in [2.05, 4.69) is 19.9 Å². The predicted molar refractivity (Wildman–Crippen MR) is 77.8 cm³/mol. The van der Waals surface area contributed by atoms with Crippen LogP contribution in [0.25, 0.3) is 0 Å². The van der Waals surface area contributed by atoms with Gasteiger partial charge in [0.05, 0.1) is 6.42 Å². The van der Waals surface area contributed by atoms with Crippen molar-refractivity contribution >= 4 is 5.91 Å². The van der Waals surface area contributed by atoms with Crippen molar-refractivity contribution in [2.24, 2.45) is 11.7 Å². The number of hydrogen-bond acceptors (Lipinski definition) is 2. The molecule has 1 fully saturated rings. The summed E-state index contributed by atoms with van der Waals surface area (Å²) < 4.78 is 0. The molecule has 19 heavy (non-hydrogen) atoms. The van der Waals surface area contributed by atoms with Crippen molar-refractivity contribution in [2.75, 3.05) is 13.1 Å². The minimum atomic E-state index is 0.213. The fraction of sp³-hybridized carbons (Fsp3) is 0.562. The van der Waals surface area contributed by atoms with Gasteiger partial charge in [0.1, 0.15) is 0 Å². The second-order valence-electron chi connectivity index (χ2n) is 5.61. The van der Waals surface area contributed by atoms with Crippen molar-refractivity contribution in [3.8, 4) is 0 Å². The van der Waals surface area contributed by atoms with Crippen LogP contribution < -0.4 is 5.73 Å². The van der Waals surface area contributed by atoms with Crippen LogP contribution in [0.3, 0.4) is 0 Å². The van der Waals surface area contributed by atoms with E-state index in [9.17, 15) is 4.79 Å². The van der Waals surface area contributed by atoms with Crippen LogP contribution in [0.2, 0.25) is 0 Å². The van der Waals surface area contributed by atoms with Gasteiger partial charge in [0, 0.05) is 19.1 Å². The van der Waals surface area contributed by atoms with Crippen LogP contribution in [-0.4, -0.2) is 29.9 Å². The van der Waals surface area contributed by atoms with E-state index in [0.29, 0.717) is 18.9 Å². The molecule has 1 heterocycles. The SMILES string of the molecule is Cc1ccccc1CC(=O)N1CCCC(C)C1CN. The normalized spacial score (nSPS) is 23.4. The molecule has 1 aromatic carbocycles. The summed E-state index contributed by atoms with van der Waals surface area (Å²) in [5, 5.41) is 0. The highest BCUT2D eigenvalue weighted by atomic mass is 16.2. The van der Waals surface area contributed by atoms with Crippen LogP contribution in [0.5, 0.6) is 0 Å². The molecule has 1 aliphatic rings. The van der Waals surface area contributed by atoms with Gasteiger partial charge in [-0.1, -0.05) is 31.2 Å². The monoisotopic (exact) mass is 260 g/mol. The lowest BCUT2D eigenvalue weighted by molar-refractivity contribution is -0.135. The Labute approximate surface area is 115 Å². The lowest BCUT2D eigenvalue weighted by Crippen LogP contribution is -2.51. The molecule has 3 nitrogen and oxygen atoms in total. The molecule has 1 saturated heterocycles. The smallest absolute Gasteiger partial charge is 0.227 e. The Kier molecular flexibility index (Phi) is 4.59.